The van der Waals surface area contributed by atoms with E-state index in [4.69, 9.17) is 5.73 Å². The predicted octanol–water partition coefficient (Wildman–Crippen LogP) is 2.66. The molecule has 0 aromatic carbocycles. The van der Waals surface area contributed by atoms with Crippen LogP contribution in [0.4, 0.5) is 4.39 Å². The van der Waals surface area contributed by atoms with Gasteiger partial charge in [0.1, 0.15) is 5.82 Å². The van der Waals surface area contributed by atoms with Crippen LogP contribution in [0.1, 0.15) is 38.4 Å². The van der Waals surface area contributed by atoms with Gasteiger partial charge in [0.15, 0.2) is 0 Å². The second-order valence-electron chi connectivity index (χ2n) is 3.95. The van der Waals surface area contributed by atoms with Gasteiger partial charge in [-0.1, -0.05) is 13.8 Å². The third kappa shape index (κ3) is 3.07. The van der Waals surface area contributed by atoms with E-state index in [1.54, 1.807) is 12.3 Å². The summed E-state index contributed by atoms with van der Waals surface area (Å²) in [6.07, 6.45) is 3.36. The lowest BCUT2D eigenvalue weighted by atomic mass is 10.0. The zero-order valence-electron chi connectivity index (χ0n) is 8.70. The Balaban J connectivity index is 2.60. The summed E-state index contributed by atoms with van der Waals surface area (Å²) >= 11 is 0. The molecule has 0 bridgehead atoms. The summed E-state index contributed by atoms with van der Waals surface area (Å²) in [5.41, 5.74) is 6.22. The molecule has 0 aliphatic heterocycles. The molecule has 0 saturated carbocycles. The van der Waals surface area contributed by atoms with E-state index < -0.39 is 0 Å². The van der Waals surface area contributed by atoms with Gasteiger partial charge in [-0.05, 0) is 30.9 Å². The molecule has 1 unspecified atom stereocenters. The van der Waals surface area contributed by atoms with Crippen LogP contribution in [0.25, 0.3) is 0 Å². The fraction of sp³-hybridized carbons (Fsp3) is 0.545. The molecule has 0 aliphatic carbocycles. The maximum atomic E-state index is 13.2. The fourth-order valence-electron chi connectivity index (χ4n) is 1.32. The van der Waals surface area contributed by atoms with Gasteiger partial charge in [0.05, 0.1) is 5.69 Å². The summed E-state index contributed by atoms with van der Waals surface area (Å²) in [6.45, 7) is 4.25. The molecule has 14 heavy (non-hydrogen) atoms. The third-order valence-corrected chi connectivity index (χ3v) is 2.19. The van der Waals surface area contributed by atoms with E-state index in [1.807, 2.05) is 0 Å². The zero-order chi connectivity index (χ0) is 10.6. The number of aromatic nitrogens is 1. The van der Waals surface area contributed by atoms with Crippen LogP contribution in [0.3, 0.4) is 0 Å². The van der Waals surface area contributed by atoms with Gasteiger partial charge in [0.25, 0.3) is 0 Å². The Labute approximate surface area is 84.3 Å². The Kier molecular flexibility index (Phi) is 4.01. The van der Waals surface area contributed by atoms with E-state index in [-0.39, 0.29) is 11.9 Å². The van der Waals surface area contributed by atoms with E-state index >= 15 is 0 Å². The lowest BCUT2D eigenvalue weighted by Crippen LogP contribution is -2.14. The normalized spacial score (nSPS) is 13.2. The monoisotopic (exact) mass is 196 g/mol. The summed E-state index contributed by atoms with van der Waals surface area (Å²) in [4.78, 5) is 3.96. The lowest BCUT2D eigenvalue weighted by Gasteiger charge is -2.12. The summed E-state index contributed by atoms with van der Waals surface area (Å²) in [7, 11) is 0. The molecule has 1 rings (SSSR count). The summed E-state index contributed by atoms with van der Waals surface area (Å²) in [5, 5.41) is 0. The fourth-order valence-corrected chi connectivity index (χ4v) is 1.32. The van der Waals surface area contributed by atoms with Gasteiger partial charge in [0, 0.05) is 12.2 Å². The smallest absolute Gasteiger partial charge is 0.146 e. The first-order valence-electron chi connectivity index (χ1n) is 4.97. The highest BCUT2D eigenvalue weighted by molar-refractivity contribution is 5.10. The van der Waals surface area contributed by atoms with Crippen molar-refractivity contribution in [1.82, 2.24) is 4.98 Å². The number of hydrogen-bond donors (Lipinski definition) is 1. The van der Waals surface area contributed by atoms with Gasteiger partial charge in [-0.15, -0.1) is 0 Å². The van der Waals surface area contributed by atoms with Crippen molar-refractivity contribution < 1.29 is 4.39 Å². The molecule has 1 heterocycles. The SMILES string of the molecule is CC(C)CCC(N)c1ncccc1F. The molecule has 1 aromatic heterocycles. The number of nitrogens with zero attached hydrogens (tertiary/aromatic N) is 1. The number of hydrogen-bond acceptors (Lipinski definition) is 2. The van der Waals surface area contributed by atoms with Crippen molar-refractivity contribution in [2.45, 2.75) is 32.7 Å². The van der Waals surface area contributed by atoms with Crippen LogP contribution in [0, 0.1) is 11.7 Å². The molecule has 0 aliphatic rings. The Morgan fingerprint density at radius 1 is 1.43 bits per heavy atom. The summed E-state index contributed by atoms with van der Waals surface area (Å²) in [5.74, 6) is 0.288. The Hall–Kier alpha value is -0.960. The number of rotatable bonds is 4. The quantitative estimate of drug-likeness (QED) is 0.804. The molecule has 2 nitrogen and oxygen atoms in total. The van der Waals surface area contributed by atoms with Gasteiger partial charge in [-0.25, -0.2) is 4.39 Å². The van der Waals surface area contributed by atoms with Crippen molar-refractivity contribution in [3.05, 3.63) is 29.8 Å². The summed E-state index contributed by atoms with van der Waals surface area (Å²) < 4.78 is 13.2. The van der Waals surface area contributed by atoms with Crippen molar-refractivity contribution in [2.24, 2.45) is 11.7 Å². The molecule has 0 spiro atoms. The molecule has 78 valence electrons. The standard InChI is InChI=1S/C11H17FN2/c1-8(2)5-6-10(13)11-9(12)4-3-7-14-11/h3-4,7-8,10H,5-6,13H2,1-2H3. The number of pyridine rings is 1. The molecule has 0 saturated heterocycles. The van der Waals surface area contributed by atoms with Crippen LogP contribution in [-0.2, 0) is 0 Å². The highest BCUT2D eigenvalue weighted by atomic mass is 19.1. The number of nitrogens with two attached hydrogens (primary N) is 1. The summed E-state index contributed by atoms with van der Waals surface area (Å²) in [6, 6.07) is 2.70. The van der Waals surface area contributed by atoms with Gasteiger partial charge in [-0.2, -0.15) is 0 Å². The number of halogens is 1. The topological polar surface area (TPSA) is 38.9 Å². The highest BCUT2D eigenvalue weighted by Gasteiger charge is 2.12. The van der Waals surface area contributed by atoms with Crippen LogP contribution in [0.5, 0.6) is 0 Å². The maximum absolute atomic E-state index is 13.2. The minimum Gasteiger partial charge on any atom is -0.323 e. The van der Waals surface area contributed by atoms with Crippen molar-refractivity contribution in [3.8, 4) is 0 Å². The zero-order valence-corrected chi connectivity index (χ0v) is 8.70. The molecule has 0 amide bonds. The average Bonchev–Trinajstić information content (AvgIpc) is 2.15. The first-order valence-corrected chi connectivity index (χ1v) is 4.97. The van der Waals surface area contributed by atoms with E-state index in [2.05, 4.69) is 18.8 Å². The molecule has 1 aromatic rings. The largest absolute Gasteiger partial charge is 0.323 e. The predicted molar refractivity (Wildman–Crippen MR) is 55.2 cm³/mol. The van der Waals surface area contributed by atoms with Gasteiger partial charge >= 0.3 is 0 Å². The van der Waals surface area contributed by atoms with Crippen LogP contribution in [0.15, 0.2) is 18.3 Å². The third-order valence-electron chi connectivity index (χ3n) is 2.19. The van der Waals surface area contributed by atoms with Crippen molar-refractivity contribution in [2.75, 3.05) is 0 Å². The maximum Gasteiger partial charge on any atom is 0.146 e. The second-order valence-corrected chi connectivity index (χ2v) is 3.95. The molecule has 1 atom stereocenters. The van der Waals surface area contributed by atoms with Crippen LogP contribution in [0.2, 0.25) is 0 Å². The van der Waals surface area contributed by atoms with Crippen molar-refractivity contribution in [3.63, 3.8) is 0 Å². The lowest BCUT2D eigenvalue weighted by molar-refractivity contribution is 0.482. The van der Waals surface area contributed by atoms with Gasteiger partial charge in [-0.3, -0.25) is 4.98 Å². The molecule has 2 N–H and O–H groups in total. The van der Waals surface area contributed by atoms with Crippen LogP contribution >= 0.6 is 0 Å². The molecule has 0 fully saturated rings. The Morgan fingerprint density at radius 3 is 2.71 bits per heavy atom. The first kappa shape index (κ1) is 11.1. The van der Waals surface area contributed by atoms with E-state index in [0.29, 0.717) is 11.6 Å². The minimum absolute atomic E-state index is 0.279. The van der Waals surface area contributed by atoms with Gasteiger partial charge < -0.3 is 5.73 Å². The Morgan fingerprint density at radius 2 is 2.14 bits per heavy atom. The van der Waals surface area contributed by atoms with Crippen LogP contribution in [-0.4, -0.2) is 4.98 Å². The Bertz CT molecular complexity index is 286. The van der Waals surface area contributed by atoms with Gasteiger partial charge in [0.2, 0.25) is 0 Å². The highest BCUT2D eigenvalue weighted by Crippen LogP contribution is 2.18. The first-order chi connectivity index (χ1) is 6.61. The van der Waals surface area contributed by atoms with E-state index in [9.17, 15) is 4.39 Å². The molecule has 3 heteroatoms. The van der Waals surface area contributed by atoms with Crippen molar-refractivity contribution >= 4 is 0 Å². The molecular weight excluding hydrogens is 179 g/mol. The average molecular weight is 196 g/mol. The second kappa shape index (κ2) is 5.05. The van der Waals surface area contributed by atoms with Crippen molar-refractivity contribution in [1.29, 1.82) is 0 Å². The van der Waals surface area contributed by atoms with E-state index in [0.717, 1.165) is 12.8 Å². The molecular formula is C11H17FN2. The van der Waals surface area contributed by atoms with Crippen LogP contribution < -0.4 is 5.73 Å². The minimum atomic E-state index is -0.302. The molecule has 0 radical (unpaired) electrons. The van der Waals surface area contributed by atoms with E-state index in [1.165, 1.54) is 6.07 Å².